The molecule has 32 heavy (non-hydrogen) atoms. The summed E-state index contributed by atoms with van der Waals surface area (Å²) in [5.74, 6) is 0.0822. The third-order valence-corrected chi connectivity index (χ3v) is 7.89. The molecule has 0 spiro atoms. The molecular formula is C23H26N4O3S2. The number of thioether (sulfide) groups is 1. The maximum Gasteiger partial charge on any atom is 0.237 e. The van der Waals surface area contributed by atoms with Crippen molar-refractivity contribution in [3.05, 3.63) is 66.4 Å². The lowest BCUT2D eigenvalue weighted by Crippen LogP contribution is -2.25. The van der Waals surface area contributed by atoms with Crippen molar-refractivity contribution < 1.29 is 13.2 Å². The van der Waals surface area contributed by atoms with Crippen molar-refractivity contribution in [1.82, 2.24) is 9.97 Å². The average Bonchev–Trinajstić information content (AvgIpc) is 2.78. The van der Waals surface area contributed by atoms with Crippen molar-refractivity contribution in [1.29, 1.82) is 0 Å². The lowest BCUT2D eigenvalue weighted by atomic mass is 10.0. The van der Waals surface area contributed by atoms with Gasteiger partial charge < -0.3 is 11.1 Å². The molecule has 168 valence electrons. The second kappa shape index (κ2) is 10.1. The van der Waals surface area contributed by atoms with Gasteiger partial charge in [0.2, 0.25) is 15.7 Å². The summed E-state index contributed by atoms with van der Waals surface area (Å²) in [7, 11) is -3.83. The van der Waals surface area contributed by atoms with Crippen molar-refractivity contribution >= 4 is 39.0 Å². The van der Waals surface area contributed by atoms with Crippen LogP contribution >= 0.6 is 11.8 Å². The molecule has 0 aliphatic carbocycles. The molecule has 7 nitrogen and oxygen atoms in total. The van der Waals surface area contributed by atoms with Crippen LogP contribution in [0.3, 0.4) is 0 Å². The first-order valence-corrected chi connectivity index (χ1v) is 12.6. The van der Waals surface area contributed by atoms with E-state index >= 15 is 0 Å². The quantitative estimate of drug-likeness (QED) is 0.367. The zero-order chi connectivity index (χ0) is 23.3. The number of amides is 1. The van der Waals surface area contributed by atoms with Crippen LogP contribution in [-0.2, 0) is 14.6 Å². The second-order valence-electron chi connectivity index (χ2n) is 7.50. The van der Waals surface area contributed by atoms with E-state index in [1.54, 1.807) is 18.2 Å². The first-order valence-electron chi connectivity index (χ1n) is 10.2. The van der Waals surface area contributed by atoms with Crippen LogP contribution in [0.1, 0.15) is 38.7 Å². The maximum absolute atomic E-state index is 12.8. The van der Waals surface area contributed by atoms with Gasteiger partial charge in [-0.05, 0) is 42.2 Å². The van der Waals surface area contributed by atoms with E-state index in [4.69, 9.17) is 5.73 Å². The molecule has 0 radical (unpaired) electrons. The number of sulfone groups is 1. The number of benzene rings is 2. The highest BCUT2D eigenvalue weighted by atomic mass is 32.2. The Balaban J connectivity index is 1.74. The number of carbonyl (C=O) groups is 1. The number of rotatable bonds is 8. The Labute approximate surface area is 192 Å². The van der Waals surface area contributed by atoms with E-state index in [0.717, 1.165) is 11.8 Å². The van der Waals surface area contributed by atoms with E-state index in [0.29, 0.717) is 18.0 Å². The fraction of sp³-hybridized carbons (Fsp3) is 0.261. The summed E-state index contributed by atoms with van der Waals surface area (Å²) < 4.78 is 25.6. The van der Waals surface area contributed by atoms with Crippen molar-refractivity contribution in [3.8, 4) is 0 Å². The molecule has 3 rings (SSSR count). The minimum atomic E-state index is -3.83. The van der Waals surface area contributed by atoms with Gasteiger partial charge in [-0.1, -0.05) is 62.9 Å². The number of hydrogen-bond donors (Lipinski definition) is 2. The fourth-order valence-electron chi connectivity index (χ4n) is 2.98. The molecule has 0 aliphatic heterocycles. The fourth-order valence-corrected chi connectivity index (χ4v) is 5.11. The van der Waals surface area contributed by atoms with E-state index in [1.165, 1.54) is 23.9 Å². The van der Waals surface area contributed by atoms with Gasteiger partial charge in [-0.2, -0.15) is 0 Å². The summed E-state index contributed by atoms with van der Waals surface area (Å²) in [4.78, 5) is 21.0. The molecule has 0 fully saturated rings. The number of nitrogens with one attached hydrogen (secondary N) is 1. The first-order chi connectivity index (χ1) is 15.2. The first kappa shape index (κ1) is 23.7. The summed E-state index contributed by atoms with van der Waals surface area (Å²) in [6.07, 6.45) is 1.73. The highest BCUT2D eigenvalue weighted by Gasteiger charge is 2.24. The van der Waals surface area contributed by atoms with Crippen molar-refractivity contribution in [2.75, 3.05) is 11.1 Å². The minimum Gasteiger partial charge on any atom is -0.382 e. The van der Waals surface area contributed by atoms with Crippen molar-refractivity contribution in [2.24, 2.45) is 0 Å². The lowest BCUT2D eigenvalue weighted by molar-refractivity contribution is -0.115. The van der Waals surface area contributed by atoms with E-state index in [9.17, 15) is 13.2 Å². The van der Waals surface area contributed by atoms with Crippen molar-refractivity contribution in [3.63, 3.8) is 0 Å². The van der Waals surface area contributed by atoms with Crippen LogP contribution in [0.4, 0.5) is 11.5 Å². The summed E-state index contributed by atoms with van der Waals surface area (Å²) >= 11 is 1.14. The predicted octanol–water partition coefficient (Wildman–Crippen LogP) is 4.52. The smallest absolute Gasteiger partial charge is 0.237 e. The third-order valence-electron chi connectivity index (χ3n) is 4.86. The number of nitrogens with two attached hydrogens (primary N) is 1. The zero-order valence-corrected chi connectivity index (χ0v) is 19.8. The summed E-state index contributed by atoms with van der Waals surface area (Å²) in [5.41, 5.74) is 7.86. The molecule has 0 bridgehead atoms. The van der Waals surface area contributed by atoms with Crippen LogP contribution in [-0.4, -0.2) is 29.5 Å². The van der Waals surface area contributed by atoms with E-state index in [-0.39, 0.29) is 26.7 Å². The normalized spacial score (nSPS) is 12.5. The topological polar surface area (TPSA) is 115 Å². The van der Waals surface area contributed by atoms with E-state index < -0.39 is 15.1 Å². The SMILES string of the molecule is CCC(Sc1ncc(S(=O)(=O)c2ccccc2)c(N)n1)C(=O)Nc1ccc(C(C)C)cc1. The summed E-state index contributed by atoms with van der Waals surface area (Å²) in [6.45, 7) is 6.11. The standard InChI is InChI=1S/C23H26N4O3S2/c1-4-19(22(28)26-17-12-10-16(11-13-17)15(2)3)31-23-25-14-20(21(24)27-23)32(29,30)18-8-6-5-7-9-18/h5-15,19H,4H2,1-3H3,(H,26,28)(H2,24,25,27). The third kappa shape index (κ3) is 5.46. The van der Waals surface area contributed by atoms with Crippen LogP contribution in [0, 0.1) is 0 Å². The van der Waals surface area contributed by atoms with Gasteiger partial charge in [-0.3, -0.25) is 4.79 Å². The molecule has 0 aliphatic rings. The van der Waals surface area contributed by atoms with Gasteiger partial charge in [0.15, 0.2) is 5.16 Å². The van der Waals surface area contributed by atoms with Gasteiger partial charge >= 0.3 is 0 Å². The average molecular weight is 471 g/mol. The lowest BCUT2D eigenvalue weighted by Gasteiger charge is -2.15. The highest BCUT2D eigenvalue weighted by molar-refractivity contribution is 8.00. The number of nitrogen functional groups attached to an aromatic ring is 1. The molecule has 0 saturated carbocycles. The Morgan fingerprint density at radius 1 is 1.09 bits per heavy atom. The van der Waals surface area contributed by atoms with Crippen LogP contribution in [0.5, 0.6) is 0 Å². The molecule has 1 unspecified atom stereocenters. The summed E-state index contributed by atoms with van der Waals surface area (Å²) in [6, 6.07) is 15.7. The predicted molar refractivity (Wildman–Crippen MR) is 127 cm³/mol. The van der Waals surface area contributed by atoms with Gasteiger partial charge in [0.1, 0.15) is 10.7 Å². The van der Waals surface area contributed by atoms with Gasteiger partial charge in [-0.25, -0.2) is 18.4 Å². The number of aromatic nitrogens is 2. The van der Waals surface area contributed by atoms with Crippen molar-refractivity contribution in [2.45, 2.75) is 53.3 Å². The van der Waals surface area contributed by atoms with E-state index in [2.05, 4.69) is 29.1 Å². The van der Waals surface area contributed by atoms with Crippen LogP contribution in [0.15, 0.2) is 75.7 Å². The molecule has 3 N–H and O–H groups in total. The maximum atomic E-state index is 12.8. The largest absolute Gasteiger partial charge is 0.382 e. The molecule has 1 heterocycles. The Bertz CT molecular complexity index is 1180. The second-order valence-corrected chi connectivity index (χ2v) is 10.6. The van der Waals surface area contributed by atoms with Crippen LogP contribution < -0.4 is 11.1 Å². The number of hydrogen-bond acceptors (Lipinski definition) is 7. The number of carbonyl (C=O) groups excluding carboxylic acids is 1. The van der Waals surface area contributed by atoms with Gasteiger partial charge in [0.05, 0.1) is 16.3 Å². The molecule has 0 saturated heterocycles. The van der Waals surface area contributed by atoms with Crippen LogP contribution in [0.25, 0.3) is 0 Å². The molecule has 2 aromatic carbocycles. The van der Waals surface area contributed by atoms with Gasteiger partial charge in [0, 0.05) is 5.69 Å². The molecule has 1 aromatic heterocycles. The van der Waals surface area contributed by atoms with Gasteiger partial charge in [-0.15, -0.1) is 0 Å². The highest BCUT2D eigenvalue weighted by Crippen LogP contribution is 2.29. The molecule has 3 aromatic rings. The molecular weight excluding hydrogens is 444 g/mol. The molecule has 1 amide bonds. The number of anilines is 2. The van der Waals surface area contributed by atoms with E-state index in [1.807, 2.05) is 31.2 Å². The Hall–Kier alpha value is -2.91. The summed E-state index contributed by atoms with van der Waals surface area (Å²) in [5, 5.41) is 2.69. The monoisotopic (exact) mass is 470 g/mol. The van der Waals surface area contributed by atoms with Gasteiger partial charge in [0.25, 0.3) is 0 Å². The Kier molecular flexibility index (Phi) is 7.52. The minimum absolute atomic E-state index is 0.116. The van der Waals surface area contributed by atoms with Crippen LogP contribution in [0.2, 0.25) is 0 Å². The Morgan fingerprint density at radius 3 is 2.31 bits per heavy atom. The molecule has 9 heteroatoms. The zero-order valence-electron chi connectivity index (χ0n) is 18.1. The number of nitrogens with zero attached hydrogens (tertiary/aromatic N) is 2. The molecule has 1 atom stereocenters. The Morgan fingerprint density at radius 2 is 1.75 bits per heavy atom.